The summed E-state index contributed by atoms with van der Waals surface area (Å²) >= 11 is 5.97. The van der Waals surface area contributed by atoms with Crippen LogP contribution >= 0.6 is 11.6 Å². The molecule has 0 radical (unpaired) electrons. The van der Waals surface area contributed by atoms with Gasteiger partial charge >= 0.3 is 0 Å². The highest BCUT2D eigenvalue weighted by Gasteiger charge is 2.38. The van der Waals surface area contributed by atoms with Gasteiger partial charge in [-0.05, 0) is 43.4 Å². The third-order valence-electron chi connectivity index (χ3n) is 4.51. The molecule has 1 amide bonds. The van der Waals surface area contributed by atoms with Crippen molar-refractivity contribution >= 4 is 17.5 Å². The summed E-state index contributed by atoms with van der Waals surface area (Å²) in [6.07, 6.45) is 5.01. The summed E-state index contributed by atoms with van der Waals surface area (Å²) in [6, 6.07) is 7.55. The van der Waals surface area contributed by atoms with Crippen LogP contribution in [0.1, 0.15) is 44.2 Å². The van der Waals surface area contributed by atoms with E-state index in [2.05, 4.69) is 6.58 Å². The van der Waals surface area contributed by atoms with Crippen LogP contribution in [0.3, 0.4) is 0 Å². The van der Waals surface area contributed by atoms with Crippen molar-refractivity contribution in [1.29, 1.82) is 0 Å². The minimum atomic E-state index is -0.138. The average molecular weight is 322 g/mol. The number of rotatable bonds is 6. The molecular formula is C18H24ClNO2. The number of halogens is 1. The maximum absolute atomic E-state index is 12.9. The van der Waals surface area contributed by atoms with Gasteiger partial charge in [-0.15, -0.1) is 6.58 Å². The van der Waals surface area contributed by atoms with Gasteiger partial charge in [0.15, 0.2) is 0 Å². The van der Waals surface area contributed by atoms with Crippen molar-refractivity contribution < 1.29 is 9.90 Å². The lowest BCUT2D eigenvalue weighted by atomic mass is 9.85. The van der Waals surface area contributed by atoms with Crippen molar-refractivity contribution in [1.82, 2.24) is 4.90 Å². The Balaban J connectivity index is 2.32. The molecule has 0 saturated carbocycles. The molecule has 2 rings (SSSR count). The van der Waals surface area contributed by atoms with E-state index in [1.54, 1.807) is 0 Å². The quantitative estimate of drug-likeness (QED) is 0.805. The molecule has 3 atom stereocenters. The first-order valence-electron chi connectivity index (χ1n) is 7.91. The normalized spacial score (nSPS) is 23.4. The Bertz CT molecular complexity index is 510. The molecule has 0 bridgehead atoms. The minimum Gasteiger partial charge on any atom is -0.394 e. The van der Waals surface area contributed by atoms with Gasteiger partial charge in [-0.25, -0.2) is 0 Å². The fourth-order valence-electron chi connectivity index (χ4n) is 3.27. The topological polar surface area (TPSA) is 40.5 Å². The molecule has 1 saturated heterocycles. The van der Waals surface area contributed by atoms with E-state index in [1.807, 2.05) is 42.2 Å². The van der Waals surface area contributed by atoms with Gasteiger partial charge < -0.3 is 10.0 Å². The highest BCUT2D eigenvalue weighted by atomic mass is 35.5. The molecule has 1 heterocycles. The lowest BCUT2D eigenvalue weighted by Gasteiger charge is -2.43. The van der Waals surface area contributed by atoms with Crippen LogP contribution in [-0.4, -0.2) is 28.6 Å². The highest BCUT2D eigenvalue weighted by Crippen LogP contribution is 2.37. The second kappa shape index (κ2) is 7.80. The van der Waals surface area contributed by atoms with Crippen LogP contribution in [0.15, 0.2) is 36.9 Å². The molecule has 4 heteroatoms. The van der Waals surface area contributed by atoms with Gasteiger partial charge in [0.05, 0.1) is 18.7 Å². The Morgan fingerprint density at radius 3 is 2.64 bits per heavy atom. The van der Waals surface area contributed by atoms with Gasteiger partial charge in [0.2, 0.25) is 5.91 Å². The molecule has 3 nitrogen and oxygen atoms in total. The maximum atomic E-state index is 12.9. The number of carbonyl (C=O) groups excluding carboxylic acids is 1. The summed E-state index contributed by atoms with van der Waals surface area (Å²) in [5.74, 6) is 0.119. The van der Waals surface area contributed by atoms with Crippen molar-refractivity contribution in [2.45, 2.75) is 44.7 Å². The molecule has 1 N–H and O–H groups in total. The molecular weight excluding hydrogens is 298 g/mol. The summed E-state index contributed by atoms with van der Waals surface area (Å²) in [4.78, 5) is 14.8. The van der Waals surface area contributed by atoms with Crippen molar-refractivity contribution in [2.75, 3.05) is 6.61 Å². The molecule has 120 valence electrons. The second-order valence-corrected chi connectivity index (χ2v) is 6.29. The zero-order valence-corrected chi connectivity index (χ0v) is 13.8. The lowest BCUT2D eigenvalue weighted by molar-refractivity contribution is -0.146. The Morgan fingerprint density at radius 2 is 2.09 bits per heavy atom. The van der Waals surface area contributed by atoms with Gasteiger partial charge in [0.25, 0.3) is 0 Å². The van der Waals surface area contributed by atoms with Crippen LogP contribution in [0.5, 0.6) is 0 Å². The first-order chi connectivity index (χ1) is 10.6. The van der Waals surface area contributed by atoms with E-state index < -0.39 is 0 Å². The molecule has 3 unspecified atom stereocenters. The summed E-state index contributed by atoms with van der Waals surface area (Å²) < 4.78 is 0. The highest BCUT2D eigenvalue weighted by molar-refractivity contribution is 6.30. The van der Waals surface area contributed by atoms with E-state index in [-0.39, 0.29) is 30.5 Å². The lowest BCUT2D eigenvalue weighted by Crippen LogP contribution is -2.50. The predicted molar refractivity (Wildman–Crippen MR) is 89.7 cm³/mol. The third kappa shape index (κ3) is 3.53. The van der Waals surface area contributed by atoms with Crippen LogP contribution in [0.25, 0.3) is 0 Å². The zero-order valence-electron chi connectivity index (χ0n) is 13.0. The van der Waals surface area contributed by atoms with Crippen molar-refractivity contribution in [2.24, 2.45) is 5.92 Å². The molecule has 1 aliphatic rings. The van der Waals surface area contributed by atoms with Crippen LogP contribution in [-0.2, 0) is 4.79 Å². The number of hydrogen-bond acceptors (Lipinski definition) is 2. The maximum Gasteiger partial charge on any atom is 0.226 e. The number of likely N-dealkylation sites (tertiary alicyclic amines) is 1. The molecule has 0 aliphatic carbocycles. The molecule has 22 heavy (non-hydrogen) atoms. The van der Waals surface area contributed by atoms with E-state index in [9.17, 15) is 9.90 Å². The minimum absolute atomic E-state index is 0.00681. The second-order valence-electron chi connectivity index (χ2n) is 5.86. The summed E-state index contributed by atoms with van der Waals surface area (Å²) in [6.45, 7) is 5.75. The number of nitrogens with zero attached hydrogens (tertiary/aromatic N) is 1. The zero-order chi connectivity index (χ0) is 16.1. The van der Waals surface area contributed by atoms with Crippen LogP contribution in [0.4, 0.5) is 0 Å². The molecule has 0 aromatic heterocycles. The Labute approximate surface area is 137 Å². The van der Waals surface area contributed by atoms with E-state index in [4.69, 9.17) is 11.6 Å². The van der Waals surface area contributed by atoms with Gasteiger partial charge in [0, 0.05) is 10.9 Å². The van der Waals surface area contributed by atoms with Crippen molar-refractivity contribution in [3.05, 3.63) is 47.5 Å². The van der Waals surface area contributed by atoms with E-state index in [0.29, 0.717) is 11.4 Å². The predicted octanol–water partition coefficient (Wildman–Crippen LogP) is 3.97. The Morgan fingerprint density at radius 1 is 1.41 bits per heavy atom. The molecule has 1 fully saturated rings. The Hall–Kier alpha value is -1.32. The number of carbonyl (C=O) groups is 1. The SMILES string of the molecule is C=CCC1CCC(c2ccc(Cl)cc2)N(C(CC)CO)C1=O. The van der Waals surface area contributed by atoms with Crippen LogP contribution < -0.4 is 0 Å². The number of amides is 1. The number of allylic oxidation sites excluding steroid dienone is 1. The number of benzene rings is 1. The largest absolute Gasteiger partial charge is 0.394 e. The van der Waals surface area contributed by atoms with Gasteiger partial charge in [-0.2, -0.15) is 0 Å². The smallest absolute Gasteiger partial charge is 0.226 e. The van der Waals surface area contributed by atoms with E-state index >= 15 is 0 Å². The van der Waals surface area contributed by atoms with Gasteiger partial charge in [-0.1, -0.05) is 36.7 Å². The number of aliphatic hydroxyl groups is 1. The van der Waals surface area contributed by atoms with Gasteiger partial charge in [0.1, 0.15) is 0 Å². The number of aliphatic hydroxyl groups excluding tert-OH is 1. The third-order valence-corrected chi connectivity index (χ3v) is 4.76. The van der Waals surface area contributed by atoms with Crippen molar-refractivity contribution in [3.63, 3.8) is 0 Å². The monoisotopic (exact) mass is 321 g/mol. The first-order valence-corrected chi connectivity index (χ1v) is 8.29. The summed E-state index contributed by atoms with van der Waals surface area (Å²) in [5.41, 5.74) is 1.08. The van der Waals surface area contributed by atoms with Crippen molar-refractivity contribution in [3.8, 4) is 0 Å². The average Bonchev–Trinajstić information content (AvgIpc) is 2.53. The van der Waals surface area contributed by atoms with Crippen LogP contribution in [0, 0.1) is 5.92 Å². The fourth-order valence-corrected chi connectivity index (χ4v) is 3.39. The van der Waals surface area contributed by atoms with Crippen LogP contribution in [0.2, 0.25) is 5.02 Å². The number of piperidine rings is 1. The molecule has 1 aromatic rings. The molecule has 0 spiro atoms. The summed E-state index contributed by atoms with van der Waals surface area (Å²) in [7, 11) is 0. The van der Waals surface area contributed by atoms with Gasteiger partial charge in [-0.3, -0.25) is 4.79 Å². The summed E-state index contributed by atoms with van der Waals surface area (Å²) in [5, 5.41) is 10.4. The number of hydrogen-bond donors (Lipinski definition) is 1. The molecule has 1 aliphatic heterocycles. The fraction of sp³-hybridized carbons (Fsp3) is 0.500. The van der Waals surface area contributed by atoms with E-state index in [1.165, 1.54) is 0 Å². The standard InChI is InChI=1S/C18H24ClNO2/c1-3-5-14-8-11-17(13-6-9-15(19)10-7-13)20(18(14)22)16(4-2)12-21/h3,6-7,9-10,14,16-17,21H,1,4-5,8,11-12H2,2H3. The Kier molecular flexibility index (Phi) is 6.04. The van der Waals surface area contributed by atoms with E-state index in [0.717, 1.165) is 24.8 Å². The first kappa shape index (κ1) is 17.0. The molecule has 1 aromatic carbocycles.